The highest BCUT2D eigenvalue weighted by Crippen LogP contribution is 2.41. The van der Waals surface area contributed by atoms with E-state index in [0.717, 1.165) is 26.8 Å². The number of fused-ring (bicyclic) bond motifs is 1. The molecule has 1 unspecified atom stereocenters. The Balaban J connectivity index is 1.90. The van der Waals surface area contributed by atoms with Crippen molar-refractivity contribution < 1.29 is 8.84 Å². The fourth-order valence-corrected chi connectivity index (χ4v) is 4.37. The van der Waals surface area contributed by atoms with Crippen molar-refractivity contribution in [3.05, 3.63) is 70.4 Å². The van der Waals surface area contributed by atoms with Crippen molar-refractivity contribution in [2.24, 2.45) is 0 Å². The van der Waals surface area contributed by atoms with Crippen molar-refractivity contribution in [1.29, 1.82) is 0 Å². The lowest BCUT2D eigenvalue weighted by molar-refractivity contribution is 0.164. The summed E-state index contributed by atoms with van der Waals surface area (Å²) in [7, 11) is -1.97. The van der Waals surface area contributed by atoms with Crippen molar-refractivity contribution in [2.75, 3.05) is 0 Å². The monoisotopic (exact) mass is 454 g/mol. The summed E-state index contributed by atoms with van der Waals surface area (Å²) in [6.07, 6.45) is 0.423. The molecule has 0 amide bonds. The SMILES string of the molecule is CC(C)(C)[Si](C)(C)OC(CC#Cc1cccc(Br)c1)c1cc2ccccc2o1. The normalized spacial score (nSPS) is 13.2. The van der Waals surface area contributed by atoms with Crippen LogP contribution in [-0.4, -0.2) is 8.32 Å². The molecule has 0 bridgehead atoms. The van der Waals surface area contributed by atoms with Gasteiger partial charge in [0.1, 0.15) is 17.4 Å². The summed E-state index contributed by atoms with van der Waals surface area (Å²) in [6.45, 7) is 11.3. The molecular weight excluding hydrogens is 428 g/mol. The molecule has 0 saturated heterocycles. The first kappa shape index (κ1) is 20.9. The van der Waals surface area contributed by atoms with Gasteiger partial charge in [-0.15, -0.1) is 0 Å². The Morgan fingerprint density at radius 3 is 2.50 bits per heavy atom. The quantitative estimate of drug-likeness (QED) is 0.297. The molecule has 0 spiro atoms. The van der Waals surface area contributed by atoms with Crippen LogP contribution in [0.5, 0.6) is 0 Å². The van der Waals surface area contributed by atoms with E-state index in [9.17, 15) is 0 Å². The molecular formula is C24H27BrO2Si. The van der Waals surface area contributed by atoms with E-state index in [1.54, 1.807) is 0 Å². The molecule has 0 N–H and O–H groups in total. The molecule has 3 rings (SSSR count). The summed E-state index contributed by atoms with van der Waals surface area (Å²) < 4.78 is 13.9. The van der Waals surface area contributed by atoms with Crippen LogP contribution >= 0.6 is 15.9 Å². The fourth-order valence-electron chi connectivity index (χ4n) is 2.71. The molecule has 146 valence electrons. The molecule has 0 radical (unpaired) electrons. The fraction of sp³-hybridized carbons (Fsp3) is 0.333. The van der Waals surface area contributed by atoms with Gasteiger partial charge in [-0.05, 0) is 48.5 Å². The highest BCUT2D eigenvalue weighted by atomic mass is 79.9. The van der Waals surface area contributed by atoms with Gasteiger partial charge < -0.3 is 8.84 Å². The maximum absolute atomic E-state index is 6.71. The second-order valence-electron chi connectivity index (χ2n) is 8.57. The Labute approximate surface area is 177 Å². The molecule has 0 aliphatic carbocycles. The Hall–Kier alpha value is -1.80. The van der Waals surface area contributed by atoms with Crippen LogP contribution in [0.4, 0.5) is 0 Å². The number of furan rings is 1. The zero-order valence-electron chi connectivity index (χ0n) is 17.2. The zero-order chi connectivity index (χ0) is 20.4. The van der Waals surface area contributed by atoms with Crippen LogP contribution in [0.3, 0.4) is 0 Å². The molecule has 28 heavy (non-hydrogen) atoms. The molecule has 0 aliphatic rings. The predicted octanol–water partition coefficient (Wildman–Crippen LogP) is 7.70. The third kappa shape index (κ3) is 4.97. The first-order chi connectivity index (χ1) is 13.2. The molecule has 1 aromatic heterocycles. The van der Waals surface area contributed by atoms with Crippen LogP contribution in [0.15, 0.2) is 63.5 Å². The van der Waals surface area contributed by atoms with Crippen molar-refractivity contribution in [3.63, 3.8) is 0 Å². The highest BCUT2D eigenvalue weighted by Gasteiger charge is 2.40. The minimum absolute atomic E-state index is 0.120. The van der Waals surface area contributed by atoms with Gasteiger partial charge in [0.05, 0.1) is 0 Å². The van der Waals surface area contributed by atoms with E-state index in [1.165, 1.54) is 0 Å². The largest absolute Gasteiger partial charge is 0.458 e. The van der Waals surface area contributed by atoms with Crippen molar-refractivity contribution >= 4 is 35.2 Å². The van der Waals surface area contributed by atoms with E-state index < -0.39 is 8.32 Å². The predicted molar refractivity (Wildman–Crippen MR) is 123 cm³/mol. The average Bonchev–Trinajstić information content (AvgIpc) is 3.04. The molecule has 0 fully saturated rings. The van der Waals surface area contributed by atoms with E-state index >= 15 is 0 Å². The van der Waals surface area contributed by atoms with Gasteiger partial charge in [-0.2, -0.15) is 0 Å². The van der Waals surface area contributed by atoms with Crippen molar-refractivity contribution in [1.82, 2.24) is 0 Å². The second kappa shape index (κ2) is 8.29. The van der Waals surface area contributed by atoms with Gasteiger partial charge in [-0.1, -0.05) is 72.8 Å². The number of para-hydroxylation sites is 1. The summed E-state index contributed by atoms with van der Waals surface area (Å²) in [5.41, 5.74) is 1.88. The van der Waals surface area contributed by atoms with Gasteiger partial charge in [0.25, 0.3) is 0 Å². The number of hydrogen-bond acceptors (Lipinski definition) is 2. The first-order valence-corrected chi connectivity index (χ1v) is 13.3. The van der Waals surface area contributed by atoms with E-state index in [4.69, 9.17) is 8.84 Å². The lowest BCUT2D eigenvalue weighted by Gasteiger charge is -2.38. The summed E-state index contributed by atoms with van der Waals surface area (Å²) in [4.78, 5) is 0. The second-order valence-corrected chi connectivity index (χ2v) is 14.2. The van der Waals surface area contributed by atoms with Crippen LogP contribution in [0.2, 0.25) is 18.1 Å². The lowest BCUT2D eigenvalue weighted by atomic mass is 10.1. The lowest BCUT2D eigenvalue weighted by Crippen LogP contribution is -2.41. The van der Waals surface area contributed by atoms with Gasteiger partial charge >= 0.3 is 0 Å². The van der Waals surface area contributed by atoms with Crippen LogP contribution in [-0.2, 0) is 4.43 Å². The average molecular weight is 455 g/mol. The molecule has 1 heterocycles. The number of halogens is 1. The molecule has 3 aromatic rings. The highest BCUT2D eigenvalue weighted by molar-refractivity contribution is 9.10. The van der Waals surface area contributed by atoms with E-state index in [2.05, 4.69) is 73.8 Å². The first-order valence-electron chi connectivity index (χ1n) is 9.56. The van der Waals surface area contributed by atoms with Crippen LogP contribution in [0.25, 0.3) is 11.0 Å². The molecule has 4 heteroatoms. The van der Waals surface area contributed by atoms with Gasteiger partial charge in [0, 0.05) is 21.8 Å². The number of hydrogen-bond donors (Lipinski definition) is 0. The van der Waals surface area contributed by atoms with E-state index in [-0.39, 0.29) is 11.1 Å². The third-order valence-electron chi connectivity index (χ3n) is 5.35. The Morgan fingerprint density at radius 1 is 1.07 bits per heavy atom. The molecule has 1 atom stereocenters. The molecule has 0 aliphatic heterocycles. The van der Waals surface area contributed by atoms with Gasteiger partial charge in [0.2, 0.25) is 0 Å². The summed E-state index contributed by atoms with van der Waals surface area (Å²) in [6, 6.07) is 18.2. The maximum Gasteiger partial charge on any atom is 0.193 e. The minimum Gasteiger partial charge on any atom is -0.458 e. The van der Waals surface area contributed by atoms with Crippen molar-refractivity contribution in [2.45, 2.75) is 51.4 Å². The Morgan fingerprint density at radius 2 is 1.82 bits per heavy atom. The number of rotatable bonds is 4. The van der Waals surface area contributed by atoms with E-state index in [1.807, 2.05) is 42.5 Å². The van der Waals surface area contributed by atoms with Crippen LogP contribution in [0.1, 0.15) is 44.6 Å². The molecule has 0 saturated carbocycles. The summed E-state index contributed by atoms with van der Waals surface area (Å²) in [5.74, 6) is 7.43. The smallest absolute Gasteiger partial charge is 0.193 e. The summed E-state index contributed by atoms with van der Waals surface area (Å²) in [5, 5.41) is 1.22. The van der Waals surface area contributed by atoms with Crippen LogP contribution in [0, 0.1) is 11.8 Å². The van der Waals surface area contributed by atoms with Gasteiger partial charge in [0.15, 0.2) is 8.32 Å². The topological polar surface area (TPSA) is 22.4 Å². The van der Waals surface area contributed by atoms with Gasteiger partial charge in [-0.3, -0.25) is 0 Å². The third-order valence-corrected chi connectivity index (χ3v) is 10.3. The maximum atomic E-state index is 6.71. The van der Waals surface area contributed by atoms with Crippen LogP contribution < -0.4 is 0 Å². The standard InChI is InChI=1S/C24H27BrO2Si/c1-24(2,3)28(4,5)27-22(15-9-11-18-10-8-13-20(25)16-18)23-17-19-12-6-7-14-21(19)26-23/h6-8,10,12-14,16-17,22H,15H2,1-5H3. The molecule has 2 aromatic carbocycles. The van der Waals surface area contributed by atoms with Crippen molar-refractivity contribution in [3.8, 4) is 11.8 Å². The minimum atomic E-state index is -1.97. The van der Waals surface area contributed by atoms with E-state index in [0.29, 0.717) is 6.42 Å². The molecule has 2 nitrogen and oxygen atoms in total. The Bertz CT molecular complexity index is 985. The Kier molecular flexibility index (Phi) is 6.19. The zero-order valence-corrected chi connectivity index (χ0v) is 19.8. The number of benzene rings is 2. The summed E-state index contributed by atoms with van der Waals surface area (Å²) >= 11 is 3.50. The van der Waals surface area contributed by atoms with Gasteiger partial charge in [-0.25, -0.2) is 0 Å².